The second-order valence-electron chi connectivity index (χ2n) is 3.16. The van der Waals surface area contributed by atoms with E-state index in [2.05, 4.69) is 4.98 Å². The normalized spacial score (nSPS) is 10.5. The number of benzene rings is 1. The maximum absolute atomic E-state index is 10.5. The molecule has 0 bridgehead atoms. The maximum Gasteiger partial charge on any atom is 0.240 e. The molecule has 2 N–H and O–H groups in total. The molecule has 4 nitrogen and oxygen atoms in total. The molecule has 0 radical (unpaired) electrons. The van der Waals surface area contributed by atoms with Gasteiger partial charge in [0, 0.05) is 23.5 Å². The van der Waals surface area contributed by atoms with Crippen molar-refractivity contribution >= 4 is 26.2 Å². The van der Waals surface area contributed by atoms with E-state index in [9.17, 15) is 8.42 Å². The zero-order valence-corrected chi connectivity index (χ0v) is 8.58. The van der Waals surface area contributed by atoms with Gasteiger partial charge in [0.05, 0.1) is 0 Å². The molecule has 0 atom stereocenters. The van der Waals surface area contributed by atoms with Gasteiger partial charge in [-0.25, -0.2) is 0 Å². The smallest absolute Gasteiger partial charge is 0.240 e. The number of para-hydroxylation sites is 1. The van der Waals surface area contributed by atoms with Gasteiger partial charge in [-0.05, 0) is 11.6 Å². The van der Waals surface area contributed by atoms with Crippen LogP contribution in [0.5, 0.6) is 0 Å². The van der Waals surface area contributed by atoms with E-state index in [0.717, 1.165) is 16.5 Å². The Kier molecular flexibility index (Phi) is 2.57. The number of rotatable bonds is 2. The zero-order valence-electron chi connectivity index (χ0n) is 7.77. The lowest BCUT2D eigenvalue weighted by Gasteiger charge is -1.94. The van der Waals surface area contributed by atoms with Gasteiger partial charge in [-0.1, -0.05) is 18.2 Å². The summed E-state index contributed by atoms with van der Waals surface area (Å²) in [4.78, 5) is 3.01. The number of H-pyrrole nitrogens is 1. The summed E-state index contributed by atoms with van der Waals surface area (Å²) in [6, 6.07) is 7.52. The van der Waals surface area contributed by atoms with Gasteiger partial charge in [-0.15, -0.1) is 0 Å². The first kappa shape index (κ1) is 9.95. The molecule has 5 heteroatoms. The van der Waals surface area contributed by atoms with Gasteiger partial charge < -0.3 is 10.1 Å². The second-order valence-corrected chi connectivity index (χ2v) is 4.11. The van der Waals surface area contributed by atoms with E-state index < -0.39 is 15.3 Å². The lowest BCUT2D eigenvalue weighted by molar-refractivity contribution is 0.547. The molecule has 0 saturated carbocycles. The Hall–Kier alpha value is -1.59. The Labute approximate surface area is 87.7 Å². The molecule has 0 aliphatic carbocycles. The average molecular weight is 223 g/mol. The van der Waals surface area contributed by atoms with E-state index in [-0.39, 0.29) is 6.42 Å². The molecular formula is C10H9NO3S. The molecule has 0 aliphatic heterocycles. The quantitative estimate of drug-likeness (QED) is 0.753. The molecule has 1 aromatic carbocycles. The van der Waals surface area contributed by atoms with Crippen molar-refractivity contribution in [3.05, 3.63) is 36.0 Å². The fraction of sp³-hybridized carbons (Fsp3) is 0.100. The third-order valence-electron chi connectivity index (χ3n) is 2.21. The van der Waals surface area contributed by atoms with Crippen LogP contribution in [0.15, 0.2) is 30.5 Å². The van der Waals surface area contributed by atoms with Gasteiger partial charge in [0.25, 0.3) is 0 Å². The summed E-state index contributed by atoms with van der Waals surface area (Å²) in [5.74, 6) is 0. The predicted octanol–water partition coefficient (Wildman–Crippen LogP) is 1.28. The van der Waals surface area contributed by atoms with Crippen LogP contribution in [0.3, 0.4) is 0 Å². The Balaban J connectivity index is 2.50. The molecular weight excluding hydrogens is 214 g/mol. The van der Waals surface area contributed by atoms with Crippen LogP contribution in [0.2, 0.25) is 0 Å². The van der Waals surface area contributed by atoms with Crippen LogP contribution in [-0.4, -0.2) is 23.6 Å². The predicted molar refractivity (Wildman–Crippen MR) is 58.6 cm³/mol. The molecule has 0 unspecified atom stereocenters. The molecule has 15 heavy (non-hydrogen) atoms. The summed E-state index contributed by atoms with van der Waals surface area (Å²) in [6.07, 6.45) is 1.73. The third kappa shape index (κ3) is 1.93. The van der Waals surface area contributed by atoms with Gasteiger partial charge >= 0.3 is 0 Å². The fourth-order valence-electron chi connectivity index (χ4n) is 1.50. The van der Waals surface area contributed by atoms with Crippen molar-refractivity contribution in [3.8, 4) is 0 Å². The van der Waals surface area contributed by atoms with Gasteiger partial charge in [0.2, 0.25) is 10.3 Å². The number of hydrogen-bond acceptors (Lipinski definition) is 2. The molecule has 2 aromatic rings. The summed E-state index contributed by atoms with van der Waals surface area (Å²) in [5, 5.41) is 9.53. The first-order valence-electron chi connectivity index (χ1n) is 4.37. The number of aliphatic hydroxyl groups is 1. The fourth-order valence-corrected chi connectivity index (χ4v) is 1.77. The van der Waals surface area contributed by atoms with Crippen LogP contribution in [0.1, 0.15) is 5.56 Å². The highest BCUT2D eigenvalue weighted by atomic mass is 32.2. The first-order valence-corrected chi connectivity index (χ1v) is 5.45. The highest BCUT2D eigenvalue weighted by Gasteiger charge is 2.05. The van der Waals surface area contributed by atoms with Crippen molar-refractivity contribution in [1.29, 1.82) is 0 Å². The monoisotopic (exact) mass is 223 g/mol. The topological polar surface area (TPSA) is 70.2 Å². The van der Waals surface area contributed by atoms with E-state index >= 15 is 0 Å². The SMILES string of the molecule is O=S(=O)=C(O)Cc1c[nH]c2ccccc12. The van der Waals surface area contributed by atoms with E-state index in [4.69, 9.17) is 5.11 Å². The minimum absolute atomic E-state index is 0.0279. The third-order valence-corrected chi connectivity index (χ3v) is 2.74. The van der Waals surface area contributed by atoms with Gasteiger partial charge in [0.1, 0.15) is 0 Å². The Bertz CT molecular complexity index is 617. The minimum Gasteiger partial charge on any atom is -0.361 e. The molecule has 0 amide bonds. The van der Waals surface area contributed by atoms with Crippen LogP contribution in [0.25, 0.3) is 10.9 Å². The highest BCUT2D eigenvalue weighted by Crippen LogP contribution is 2.17. The van der Waals surface area contributed by atoms with E-state index in [0.29, 0.717) is 0 Å². The Morgan fingerprint density at radius 1 is 1.33 bits per heavy atom. The minimum atomic E-state index is -2.53. The number of aromatic nitrogens is 1. The summed E-state index contributed by atoms with van der Waals surface area (Å²) in [5.41, 5.74) is 1.70. The Morgan fingerprint density at radius 3 is 2.80 bits per heavy atom. The highest BCUT2D eigenvalue weighted by molar-refractivity contribution is 7.72. The van der Waals surface area contributed by atoms with Gasteiger partial charge in [-0.2, -0.15) is 8.42 Å². The molecule has 2 rings (SSSR count). The number of hydrogen-bond donors (Lipinski definition) is 2. The van der Waals surface area contributed by atoms with Crippen LogP contribution in [0.4, 0.5) is 0 Å². The van der Waals surface area contributed by atoms with Crippen molar-refractivity contribution in [2.75, 3.05) is 0 Å². The van der Waals surface area contributed by atoms with Crippen molar-refractivity contribution in [2.45, 2.75) is 6.42 Å². The average Bonchev–Trinajstić information content (AvgIpc) is 2.62. The van der Waals surface area contributed by atoms with Gasteiger partial charge in [-0.3, -0.25) is 0 Å². The number of fused-ring (bicyclic) bond motifs is 1. The second kappa shape index (κ2) is 3.88. The Morgan fingerprint density at radius 2 is 2.07 bits per heavy atom. The summed E-state index contributed by atoms with van der Waals surface area (Å²) < 4.78 is 20.9. The van der Waals surface area contributed by atoms with Crippen LogP contribution in [-0.2, 0) is 16.7 Å². The molecule has 1 heterocycles. The number of aromatic amines is 1. The standard InChI is InChI=1S/C10H9NO3S/c12-10(15(13)14)5-7-6-11-9-4-2-1-3-8(7)9/h1-4,6,11-12H,5H2. The van der Waals surface area contributed by atoms with Gasteiger partial charge in [0.15, 0.2) is 5.05 Å². The number of aliphatic hydroxyl groups excluding tert-OH is 1. The van der Waals surface area contributed by atoms with Crippen LogP contribution < -0.4 is 0 Å². The van der Waals surface area contributed by atoms with Crippen LogP contribution in [0, 0.1) is 0 Å². The molecule has 78 valence electrons. The van der Waals surface area contributed by atoms with E-state index in [1.807, 2.05) is 24.3 Å². The summed E-state index contributed by atoms with van der Waals surface area (Å²) in [6.45, 7) is 0. The maximum atomic E-state index is 10.5. The number of nitrogens with one attached hydrogen (secondary N) is 1. The van der Waals surface area contributed by atoms with E-state index in [1.165, 1.54) is 0 Å². The lowest BCUT2D eigenvalue weighted by Crippen LogP contribution is -2.01. The molecule has 0 aliphatic rings. The van der Waals surface area contributed by atoms with E-state index in [1.54, 1.807) is 6.20 Å². The molecule has 0 fully saturated rings. The van der Waals surface area contributed by atoms with Crippen molar-refractivity contribution in [2.24, 2.45) is 0 Å². The molecule has 0 saturated heterocycles. The lowest BCUT2D eigenvalue weighted by atomic mass is 10.1. The molecule has 1 aromatic heterocycles. The zero-order chi connectivity index (χ0) is 10.8. The van der Waals surface area contributed by atoms with Crippen molar-refractivity contribution in [1.82, 2.24) is 4.98 Å². The van der Waals surface area contributed by atoms with Crippen LogP contribution >= 0.6 is 0 Å². The largest absolute Gasteiger partial charge is 0.361 e. The summed E-state index contributed by atoms with van der Waals surface area (Å²) in [7, 11) is -2.53. The van der Waals surface area contributed by atoms with Crippen molar-refractivity contribution in [3.63, 3.8) is 0 Å². The van der Waals surface area contributed by atoms with Crippen molar-refractivity contribution < 1.29 is 13.5 Å². The summed E-state index contributed by atoms with van der Waals surface area (Å²) >= 11 is 0. The first-order chi connectivity index (χ1) is 7.18. The molecule has 0 spiro atoms.